The molecule has 0 aromatic carbocycles. The van der Waals surface area contributed by atoms with Crippen molar-refractivity contribution in [3.63, 3.8) is 0 Å². The number of unbranched alkanes of at least 4 members (excludes halogenated alkanes) is 17. The van der Waals surface area contributed by atoms with Gasteiger partial charge in [-0.15, -0.1) is 0 Å². The summed E-state index contributed by atoms with van der Waals surface area (Å²) in [4.78, 5) is 11.6. The molecule has 0 aromatic rings. The van der Waals surface area contributed by atoms with Crippen molar-refractivity contribution in [3.05, 3.63) is 0 Å². The Balaban J connectivity index is 3.10. The second kappa shape index (κ2) is 23.9. The van der Waals surface area contributed by atoms with Gasteiger partial charge in [0.25, 0.3) is 0 Å². The minimum absolute atomic E-state index is 0.00103. The van der Waals surface area contributed by atoms with Gasteiger partial charge < -0.3 is 4.74 Å². The van der Waals surface area contributed by atoms with Crippen molar-refractivity contribution < 1.29 is 9.53 Å². The lowest BCUT2D eigenvalue weighted by atomic mass is 10.0. The summed E-state index contributed by atoms with van der Waals surface area (Å²) in [5.41, 5.74) is 0. The van der Waals surface area contributed by atoms with Gasteiger partial charge in [-0.05, 0) is 25.0 Å². The average molecular weight is 401 g/mol. The smallest absolute Gasteiger partial charge is 0.305 e. The quantitative estimate of drug-likeness (QED) is 0.112. The lowest BCUT2D eigenvalue weighted by Gasteiger charge is -2.05. The van der Waals surface area contributed by atoms with E-state index >= 15 is 0 Å². The molecule has 0 aliphatic carbocycles. The summed E-state index contributed by atoms with van der Waals surface area (Å²) in [5, 5.41) is 0. The van der Waals surface area contributed by atoms with Crippen LogP contribution in [0.1, 0.15) is 135 Å². The zero-order valence-corrected chi connectivity index (χ0v) is 19.2. The van der Waals surface area contributed by atoms with Gasteiger partial charge in [-0.2, -0.15) is 12.6 Å². The second-order valence-electron chi connectivity index (χ2n) is 8.06. The van der Waals surface area contributed by atoms with Gasteiger partial charge in [-0.25, -0.2) is 0 Å². The maximum atomic E-state index is 11.6. The molecular formula is C24H48O2S. The molecule has 0 bridgehead atoms. The van der Waals surface area contributed by atoms with Crippen LogP contribution in [0.2, 0.25) is 0 Å². The molecular weight excluding hydrogens is 352 g/mol. The molecule has 3 heteroatoms. The number of thiol groups is 1. The first-order valence-electron chi connectivity index (χ1n) is 12.1. The number of esters is 1. The van der Waals surface area contributed by atoms with Gasteiger partial charge in [0.2, 0.25) is 0 Å². The van der Waals surface area contributed by atoms with Crippen molar-refractivity contribution in [3.8, 4) is 0 Å². The summed E-state index contributed by atoms with van der Waals surface area (Å²) in [7, 11) is 0. The molecule has 0 rings (SSSR count). The van der Waals surface area contributed by atoms with E-state index in [2.05, 4.69) is 19.6 Å². The molecule has 0 spiro atoms. The Bertz CT molecular complexity index is 294. The fraction of sp³-hybridized carbons (Fsp3) is 0.958. The number of carbonyl (C=O) groups excluding carboxylic acids is 1. The van der Waals surface area contributed by atoms with Gasteiger partial charge in [0.1, 0.15) is 0 Å². The highest BCUT2D eigenvalue weighted by molar-refractivity contribution is 7.80. The molecule has 0 saturated carbocycles. The van der Waals surface area contributed by atoms with Crippen LogP contribution in [0, 0.1) is 0 Å². The van der Waals surface area contributed by atoms with Crippen LogP contribution in [0.15, 0.2) is 0 Å². The number of ether oxygens (including phenoxy) is 1. The summed E-state index contributed by atoms with van der Waals surface area (Å²) in [6, 6.07) is 0. The molecule has 0 fully saturated rings. The molecule has 0 amide bonds. The van der Waals surface area contributed by atoms with Crippen molar-refractivity contribution >= 4 is 18.6 Å². The third-order valence-corrected chi connectivity index (χ3v) is 5.62. The summed E-state index contributed by atoms with van der Waals surface area (Å²) >= 11 is 4.20. The number of hydrogen-bond acceptors (Lipinski definition) is 3. The Morgan fingerprint density at radius 1 is 0.593 bits per heavy atom. The van der Waals surface area contributed by atoms with Crippen LogP contribution in [0.5, 0.6) is 0 Å². The lowest BCUT2D eigenvalue weighted by Crippen LogP contribution is -2.05. The van der Waals surface area contributed by atoms with Gasteiger partial charge >= 0.3 is 5.97 Å². The van der Waals surface area contributed by atoms with E-state index in [4.69, 9.17) is 4.74 Å². The molecule has 0 radical (unpaired) electrons. The Labute approximate surface area is 176 Å². The van der Waals surface area contributed by atoms with Crippen LogP contribution in [0.25, 0.3) is 0 Å². The minimum Gasteiger partial charge on any atom is -0.466 e. The molecule has 2 nitrogen and oxygen atoms in total. The van der Waals surface area contributed by atoms with E-state index in [0.717, 1.165) is 31.4 Å². The first kappa shape index (κ1) is 26.8. The highest BCUT2D eigenvalue weighted by Crippen LogP contribution is 2.14. The van der Waals surface area contributed by atoms with Gasteiger partial charge in [-0.3, -0.25) is 4.79 Å². The summed E-state index contributed by atoms with van der Waals surface area (Å²) in [5.74, 6) is 0.956. The van der Waals surface area contributed by atoms with E-state index in [1.54, 1.807) is 0 Å². The van der Waals surface area contributed by atoms with Gasteiger partial charge in [-0.1, -0.05) is 110 Å². The molecule has 162 valence electrons. The van der Waals surface area contributed by atoms with Crippen LogP contribution in [-0.4, -0.2) is 18.3 Å². The van der Waals surface area contributed by atoms with Crippen molar-refractivity contribution in [2.45, 2.75) is 135 Å². The SMILES string of the molecule is CCCCCCCCCCCCCCCCCC(=O)OCCCCCCS. The van der Waals surface area contributed by atoms with Crippen molar-refractivity contribution in [1.29, 1.82) is 0 Å². The fourth-order valence-electron chi connectivity index (χ4n) is 3.47. The average Bonchev–Trinajstić information content (AvgIpc) is 2.67. The molecule has 27 heavy (non-hydrogen) atoms. The third kappa shape index (κ3) is 23.8. The van der Waals surface area contributed by atoms with Crippen LogP contribution < -0.4 is 0 Å². The lowest BCUT2D eigenvalue weighted by molar-refractivity contribution is -0.143. The summed E-state index contributed by atoms with van der Waals surface area (Å²) in [6.45, 7) is 2.88. The van der Waals surface area contributed by atoms with E-state index < -0.39 is 0 Å². The predicted molar refractivity (Wildman–Crippen MR) is 123 cm³/mol. The second-order valence-corrected chi connectivity index (χ2v) is 8.51. The van der Waals surface area contributed by atoms with Gasteiger partial charge in [0.15, 0.2) is 0 Å². The van der Waals surface area contributed by atoms with Crippen LogP contribution in [0.3, 0.4) is 0 Å². The molecule has 0 aromatic heterocycles. The van der Waals surface area contributed by atoms with E-state index in [0.29, 0.717) is 13.0 Å². The molecule has 0 aliphatic heterocycles. The number of carbonyl (C=O) groups is 1. The predicted octanol–water partition coefficient (Wildman–Crippen LogP) is 8.28. The summed E-state index contributed by atoms with van der Waals surface area (Å²) in [6.07, 6.45) is 25.4. The zero-order chi connectivity index (χ0) is 19.8. The normalized spacial score (nSPS) is 11.0. The Kier molecular flexibility index (Phi) is 23.7. The van der Waals surface area contributed by atoms with E-state index in [1.807, 2.05) is 0 Å². The first-order chi connectivity index (χ1) is 13.3. The van der Waals surface area contributed by atoms with Crippen molar-refractivity contribution in [1.82, 2.24) is 0 Å². The van der Waals surface area contributed by atoms with E-state index in [-0.39, 0.29) is 5.97 Å². The third-order valence-electron chi connectivity index (χ3n) is 5.30. The molecule has 0 atom stereocenters. The zero-order valence-electron chi connectivity index (χ0n) is 18.3. The van der Waals surface area contributed by atoms with Crippen LogP contribution in [0.4, 0.5) is 0 Å². The minimum atomic E-state index is -0.00103. The maximum absolute atomic E-state index is 11.6. The topological polar surface area (TPSA) is 26.3 Å². The van der Waals surface area contributed by atoms with Crippen molar-refractivity contribution in [2.75, 3.05) is 12.4 Å². The molecule has 0 heterocycles. The summed E-state index contributed by atoms with van der Waals surface area (Å²) < 4.78 is 5.28. The first-order valence-corrected chi connectivity index (χ1v) is 12.7. The maximum Gasteiger partial charge on any atom is 0.305 e. The largest absolute Gasteiger partial charge is 0.466 e. The highest BCUT2D eigenvalue weighted by atomic mass is 32.1. The van der Waals surface area contributed by atoms with Crippen LogP contribution in [-0.2, 0) is 9.53 Å². The number of rotatable bonds is 22. The van der Waals surface area contributed by atoms with Crippen LogP contribution >= 0.6 is 12.6 Å². The van der Waals surface area contributed by atoms with Gasteiger partial charge in [0, 0.05) is 6.42 Å². The number of hydrogen-bond donors (Lipinski definition) is 1. The Morgan fingerprint density at radius 2 is 1.00 bits per heavy atom. The standard InChI is InChI=1S/C24H48O2S/c1-2-3-4-5-6-7-8-9-10-11-12-13-14-15-18-21-24(25)26-22-19-16-17-20-23-27/h27H,2-23H2,1H3. The van der Waals surface area contributed by atoms with Gasteiger partial charge in [0.05, 0.1) is 6.61 Å². The molecule has 0 saturated heterocycles. The molecule has 0 aliphatic rings. The van der Waals surface area contributed by atoms with Crippen molar-refractivity contribution in [2.24, 2.45) is 0 Å². The monoisotopic (exact) mass is 400 g/mol. The molecule has 0 N–H and O–H groups in total. The van der Waals surface area contributed by atoms with E-state index in [1.165, 1.54) is 96.3 Å². The fourth-order valence-corrected chi connectivity index (χ4v) is 3.69. The van der Waals surface area contributed by atoms with E-state index in [9.17, 15) is 4.79 Å². The highest BCUT2D eigenvalue weighted by Gasteiger charge is 2.02. The Morgan fingerprint density at radius 3 is 1.48 bits per heavy atom. The molecule has 0 unspecified atom stereocenters. The Hall–Kier alpha value is -0.180.